The van der Waals surface area contributed by atoms with E-state index in [-0.39, 0.29) is 49.5 Å². The van der Waals surface area contributed by atoms with Crippen LogP contribution in [0.5, 0.6) is 0 Å². The van der Waals surface area contributed by atoms with Gasteiger partial charge in [-0.05, 0) is 61.1 Å². The van der Waals surface area contributed by atoms with Crippen molar-refractivity contribution in [1.82, 2.24) is 10.2 Å². The van der Waals surface area contributed by atoms with Crippen LogP contribution in [0.15, 0.2) is 48.5 Å². The lowest BCUT2D eigenvalue weighted by molar-refractivity contribution is -0.141. The van der Waals surface area contributed by atoms with E-state index in [1.165, 1.54) is 21.3 Å². The SMILES string of the molecule is CCC(C(=O)NCC(C)C)N(Cc1ccc(F)cc1)C(=O)CCCN(c1cccc(C)c1)S(C)(=O)=O. The predicted molar refractivity (Wildman–Crippen MR) is 141 cm³/mol. The summed E-state index contributed by atoms with van der Waals surface area (Å²) in [7, 11) is -3.55. The Morgan fingerprint density at radius 1 is 1.08 bits per heavy atom. The first-order valence-corrected chi connectivity index (χ1v) is 14.1. The third kappa shape index (κ3) is 8.93. The molecule has 1 unspecified atom stereocenters. The topological polar surface area (TPSA) is 86.8 Å². The quantitative estimate of drug-likeness (QED) is 0.428. The van der Waals surface area contributed by atoms with Crippen LogP contribution in [0.3, 0.4) is 0 Å². The van der Waals surface area contributed by atoms with Crippen molar-refractivity contribution in [1.29, 1.82) is 0 Å². The molecule has 9 heteroatoms. The van der Waals surface area contributed by atoms with Gasteiger partial charge in [0, 0.05) is 26.1 Å². The Bertz CT molecular complexity index is 1120. The summed E-state index contributed by atoms with van der Waals surface area (Å²) in [5.41, 5.74) is 2.19. The molecule has 0 spiro atoms. The van der Waals surface area contributed by atoms with Crippen molar-refractivity contribution in [2.45, 2.75) is 59.5 Å². The zero-order chi connectivity index (χ0) is 26.9. The van der Waals surface area contributed by atoms with E-state index in [0.29, 0.717) is 24.2 Å². The van der Waals surface area contributed by atoms with Crippen molar-refractivity contribution in [3.05, 3.63) is 65.5 Å². The summed E-state index contributed by atoms with van der Waals surface area (Å²) >= 11 is 0. The van der Waals surface area contributed by atoms with Crippen molar-refractivity contribution in [2.24, 2.45) is 5.92 Å². The van der Waals surface area contributed by atoms with Gasteiger partial charge in [0.1, 0.15) is 11.9 Å². The average molecular weight is 520 g/mol. The molecule has 1 atom stereocenters. The van der Waals surface area contributed by atoms with E-state index >= 15 is 0 Å². The monoisotopic (exact) mass is 519 g/mol. The third-order valence-electron chi connectivity index (χ3n) is 5.78. The summed E-state index contributed by atoms with van der Waals surface area (Å²) in [6, 6.07) is 12.3. The molecule has 0 aliphatic rings. The van der Waals surface area contributed by atoms with Crippen LogP contribution in [-0.2, 0) is 26.2 Å². The van der Waals surface area contributed by atoms with Gasteiger partial charge < -0.3 is 10.2 Å². The Balaban J connectivity index is 2.20. The summed E-state index contributed by atoms with van der Waals surface area (Å²) in [5, 5.41) is 2.90. The molecule has 0 aromatic heterocycles. The van der Waals surface area contributed by atoms with Crippen molar-refractivity contribution in [2.75, 3.05) is 23.7 Å². The Kier molecular flexibility index (Phi) is 10.9. The molecular formula is C27H38FN3O4S. The number of nitrogens with one attached hydrogen (secondary N) is 1. The normalized spacial score (nSPS) is 12.3. The van der Waals surface area contributed by atoms with E-state index < -0.39 is 16.1 Å². The van der Waals surface area contributed by atoms with Crippen LogP contribution in [-0.4, -0.2) is 50.5 Å². The van der Waals surface area contributed by atoms with Crippen LogP contribution in [0.25, 0.3) is 0 Å². The molecule has 2 aromatic rings. The van der Waals surface area contributed by atoms with E-state index in [2.05, 4.69) is 5.32 Å². The van der Waals surface area contributed by atoms with Gasteiger partial charge in [0.2, 0.25) is 21.8 Å². The van der Waals surface area contributed by atoms with Gasteiger partial charge in [0.05, 0.1) is 11.9 Å². The second-order valence-corrected chi connectivity index (χ2v) is 11.4. The molecule has 198 valence electrons. The van der Waals surface area contributed by atoms with Crippen molar-refractivity contribution >= 4 is 27.5 Å². The van der Waals surface area contributed by atoms with E-state index in [1.54, 1.807) is 30.3 Å². The molecule has 2 aromatic carbocycles. The van der Waals surface area contributed by atoms with Crippen LogP contribution in [0, 0.1) is 18.7 Å². The minimum absolute atomic E-state index is 0.0625. The van der Waals surface area contributed by atoms with Crippen molar-refractivity contribution < 1.29 is 22.4 Å². The molecule has 36 heavy (non-hydrogen) atoms. The van der Waals surface area contributed by atoms with Crippen molar-refractivity contribution in [3.63, 3.8) is 0 Å². The van der Waals surface area contributed by atoms with E-state index in [4.69, 9.17) is 0 Å². The minimum Gasteiger partial charge on any atom is -0.354 e. The maximum absolute atomic E-state index is 13.4. The molecule has 0 radical (unpaired) electrons. The fourth-order valence-corrected chi connectivity index (χ4v) is 4.87. The highest BCUT2D eigenvalue weighted by Gasteiger charge is 2.29. The number of hydrogen-bond donors (Lipinski definition) is 1. The molecule has 0 heterocycles. The van der Waals surface area contributed by atoms with E-state index in [1.807, 2.05) is 33.8 Å². The molecule has 2 amide bonds. The highest BCUT2D eigenvalue weighted by molar-refractivity contribution is 7.92. The van der Waals surface area contributed by atoms with Gasteiger partial charge in [-0.25, -0.2) is 12.8 Å². The first-order valence-electron chi connectivity index (χ1n) is 12.3. The Hall–Kier alpha value is -2.94. The number of carbonyl (C=O) groups is 2. The number of amides is 2. The lowest BCUT2D eigenvalue weighted by Crippen LogP contribution is -2.49. The maximum atomic E-state index is 13.4. The summed E-state index contributed by atoms with van der Waals surface area (Å²) in [4.78, 5) is 27.8. The highest BCUT2D eigenvalue weighted by atomic mass is 32.2. The maximum Gasteiger partial charge on any atom is 0.242 e. The number of rotatable bonds is 13. The molecule has 1 N–H and O–H groups in total. The van der Waals surface area contributed by atoms with Gasteiger partial charge in [-0.2, -0.15) is 0 Å². The summed E-state index contributed by atoms with van der Waals surface area (Å²) in [6.07, 6.45) is 1.90. The first-order chi connectivity index (χ1) is 16.9. The molecule has 0 aliphatic heterocycles. The average Bonchev–Trinajstić information content (AvgIpc) is 2.80. The number of hydrogen-bond acceptors (Lipinski definition) is 4. The zero-order valence-corrected chi connectivity index (χ0v) is 22.6. The summed E-state index contributed by atoms with van der Waals surface area (Å²) in [5.74, 6) is -0.616. The largest absolute Gasteiger partial charge is 0.354 e. The zero-order valence-electron chi connectivity index (χ0n) is 21.8. The Labute approximate surface area is 214 Å². The minimum atomic E-state index is -3.55. The Morgan fingerprint density at radius 3 is 2.31 bits per heavy atom. The molecule has 0 saturated heterocycles. The smallest absolute Gasteiger partial charge is 0.242 e. The number of anilines is 1. The first kappa shape index (κ1) is 29.3. The number of aryl methyl sites for hydroxylation is 1. The molecule has 0 bridgehead atoms. The van der Waals surface area contributed by atoms with E-state index in [0.717, 1.165) is 11.8 Å². The number of carbonyl (C=O) groups excluding carboxylic acids is 2. The van der Waals surface area contributed by atoms with Gasteiger partial charge in [-0.15, -0.1) is 0 Å². The lowest BCUT2D eigenvalue weighted by Gasteiger charge is -2.31. The fraction of sp³-hybridized carbons (Fsp3) is 0.481. The fourth-order valence-electron chi connectivity index (χ4n) is 3.92. The number of nitrogens with zero attached hydrogens (tertiary/aromatic N) is 2. The number of halogens is 1. The van der Waals surface area contributed by atoms with Crippen molar-refractivity contribution in [3.8, 4) is 0 Å². The summed E-state index contributed by atoms with van der Waals surface area (Å²) in [6.45, 7) is 8.49. The van der Waals surface area contributed by atoms with Crippen LogP contribution in [0.4, 0.5) is 10.1 Å². The third-order valence-corrected chi connectivity index (χ3v) is 6.97. The second kappa shape index (κ2) is 13.4. The number of sulfonamides is 1. The van der Waals surface area contributed by atoms with Gasteiger partial charge in [-0.1, -0.05) is 45.0 Å². The van der Waals surface area contributed by atoms with Crippen LogP contribution >= 0.6 is 0 Å². The molecule has 0 aliphatic carbocycles. The summed E-state index contributed by atoms with van der Waals surface area (Å²) < 4.78 is 39.6. The predicted octanol–water partition coefficient (Wildman–Crippen LogP) is 4.26. The lowest BCUT2D eigenvalue weighted by atomic mass is 10.1. The highest BCUT2D eigenvalue weighted by Crippen LogP contribution is 2.21. The second-order valence-electron chi connectivity index (χ2n) is 9.49. The van der Waals surface area contributed by atoms with Gasteiger partial charge in [-0.3, -0.25) is 13.9 Å². The number of benzene rings is 2. The van der Waals surface area contributed by atoms with Crippen LogP contribution in [0.2, 0.25) is 0 Å². The molecule has 2 rings (SSSR count). The van der Waals surface area contributed by atoms with Gasteiger partial charge >= 0.3 is 0 Å². The molecule has 0 saturated carbocycles. The van der Waals surface area contributed by atoms with Crippen LogP contribution < -0.4 is 9.62 Å². The standard InChI is InChI=1S/C27H38FN3O4S/c1-6-25(27(33)29-18-20(2)3)30(19-22-12-14-23(28)15-13-22)26(32)11-8-16-31(36(5,34)35)24-10-7-9-21(4)17-24/h7,9-10,12-15,17,20,25H,6,8,11,16,18-19H2,1-5H3,(H,29,33). The molecular weight excluding hydrogens is 481 g/mol. The molecule has 0 fully saturated rings. The van der Waals surface area contributed by atoms with E-state index in [9.17, 15) is 22.4 Å². The van der Waals surface area contributed by atoms with Gasteiger partial charge in [0.15, 0.2) is 0 Å². The van der Waals surface area contributed by atoms with Crippen LogP contribution in [0.1, 0.15) is 51.2 Å². The Morgan fingerprint density at radius 2 is 1.75 bits per heavy atom. The molecule has 7 nitrogen and oxygen atoms in total. The van der Waals surface area contributed by atoms with Gasteiger partial charge in [0.25, 0.3) is 0 Å².